The fourth-order valence-electron chi connectivity index (χ4n) is 2.84. The van der Waals surface area contributed by atoms with Crippen molar-refractivity contribution in [1.29, 1.82) is 0 Å². The van der Waals surface area contributed by atoms with Gasteiger partial charge >= 0.3 is 0 Å². The van der Waals surface area contributed by atoms with Crippen LogP contribution in [0.1, 0.15) is 11.1 Å². The molecule has 0 unspecified atom stereocenters. The number of carbonyl (C=O) groups is 1. The number of nitrogens with zero attached hydrogens (tertiary/aromatic N) is 1. The van der Waals surface area contributed by atoms with E-state index in [0.717, 1.165) is 11.1 Å². The molecule has 0 aliphatic carbocycles. The average molecular weight is 399 g/mol. The maximum absolute atomic E-state index is 12.6. The van der Waals surface area contributed by atoms with Crippen LogP contribution >= 0.6 is 23.2 Å². The first-order chi connectivity index (χ1) is 13.1. The minimum absolute atomic E-state index is 0.133. The molecule has 3 nitrogen and oxygen atoms in total. The van der Waals surface area contributed by atoms with Gasteiger partial charge in [-0.3, -0.25) is 9.69 Å². The molecule has 0 atom stereocenters. The lowest BCUT2D eigenvalue weighted by atomic mass is 10.1. The number of carbonyl (C=O) groups excluding carboxylic acids is 1. The third-order valence-corrected chi connectivity index (χ3v) is 4.91. The smallest absolute Gasteiger partial charge is 0.238 e. The Morgan fingerprint density at radius 2 is 1.33 bits per heavy atom. The molecule has 0 fully saturated rings. The SMILES string of the molecule is O=C(CN(Cc1ccccc1)Cc1ccccc1)Nc1cccc(Cl)c1Cl. The summed E-state index contributed by atoms with van der Waals surface area (Å²) < 4.78 is 0. The first-order valence-electron chi connectivity index (χ1n) is 8.66. The fourth-order valence-corrected chi connectivity index (χ4v) is 3.19. The van der Waals surface area contributed by atoms with Gasteiger partial charge in [-0.2, -0.15) is 0 Å². The lowest BCUT2D eigenvalue weighted by Gasteiger charge is -2.22. The highest BCUT2D eigenvalue weighted by molar-refractivity contribution is 6.44. The summed E-state index contributed by atoms with van der Waals surface area (Å²) in [6, 6.07) is 25.4. The zero-order valence-corrected chi connectivity index (χ0v) is 16.3. The Morgan fingerprint density at radius 1 is 0.778 bits per heavy atom. The lowest BCUT2D eigenvalue weighted by Crippen LogP contribution is -2.32. The van der Waals surface area contributed by atoms with Gasteiger partial charge in [0, 0.05) is 13.1 Å². The van der Waals surface area contributed by atoms with Crippen LogP contribution in [0.2, 0.25) is 10.0 Å². The molecule has 0 radical (unpaired) electrons. The van der Waals surface area contributed by atoms with E-state index in [2.05, 4.69) is 34.5 Å². The van der Waals surface area contributed by atoms with E-state index in [0.29, 0.717) is 28.8 Å². The van der Waals surface area contributed by atoms with Crippen molar-refractivity contribution in [3.05, 3.63) is 100 Å². The van der Waals surface area contributed by atoms with Gasteiger partial charge in [0.05, 0.1) is 22.3 Å². The molecule has 138 valence electrons. The van der Waals surface area contributed by atoms with Gasteiger partial charge in [-0.1, -0.05) is 89.9 Å². The predicted molar refractivity (Wildman–Crippen MR) is 112 cm³/mol. The van der Waals surface area contributed by atoms with Gasteiger partial charge < -0.3 is 5.32 Å². The summed E-state index contributed by atoms with van der Waals surface area (Å²) in [5.74, 6) is -0.133. The van der Waals surface area contributed by atoms with Crippen LogP contribution in [-0.2, 0) is 17.9 Å². The third-order valence-electron chi connectivity index (χ3n) is 4.09. The Labute approximate surface area is 169 Å². The summed E-state index contributed by atoms with van der Waals surface area (Å²) in [6.45, 7) is 1.59. The van der Waals surface area contributed by atoms with E-state index in [4.69, 9.17) is 23.2 Å². The van der Waals surface area contributed by atoms with Crippen molar-refractivity contribution in [2.75, 3.05) is 11.9 Å². The van der Waals surface area contributed by atoms with E-state index in [1.165, 1.54) is 0 Å². The topological polar surface area (TPSA) is 32.3 Å². The highest BCUT2D eigenvalue weighted by Crippen LogP contribution is 2.29. The normalized spacial score (nSPS) is 10.8. The quantitative estimate of drug-likeness (QED) is 0.558. The van der Waals surface area contributed by atoms with Gasteiger partial charge in [0.15, 0.2) is 0 Å². The van der Waals surface area contributed by atoms with Crippen LogP contribution in [0, 0.1) is 0 Å². The second-order valence-electron chi connectivity index (χ2n) is 6.27. The summed E-state index contributed by atoms with van der Waals surface area (Å²) in [7, 11) is 0. The molecule has 3 aromatic rings. The summed E-state index contributed by atoms with van der Waals surface area (Å²) in [5.41, 5.74) is 2.83. The van der Waals surface area contributed by atoms with Crippen LogP contribution < -0.4 is 5.32 Å². The molecule has 3 aromatic carbocycles. The number of benzene rings is 3. The number of amides is 1. The van der Waals surface area contributed by atoms with Gasteiger partial charge in [-0.05, 0) is 23.3 Å². The van der Waals surface area contributed by atoms with Crippen LogP contribution in [0.3, 0.4) is 0 Å². The lowest BCUT2D eigenvalue weighted by molar-refractivity contribution is -0.117. The molecule has 0 bridgehead atoms. The highest BCUT2D eigenvalue weighted by atomic mass is 35.5. The Morgan fingerprint density at radius 3 is 1.89 bits per heavy atom. The Hall–Kier alpha value is -2.33. The number of hydrogen-bond donors (Lipinski definition) is 1. The average Bonchev–Trinajstić information content (AvgIpc) is 2.67. The predicted octanol–water partition coefficient (Wildman–Crippen LogP) is 5.63. The van der Waals surface area contributed by atoms with E-state index in [-0.39, 0.29) is 12.5 Å². The van der Waals surface area contributed by atoms with Gasteiger partial charge in [0.25, 0.3) is 0 Å². The van der Waals surface area contributed by atoms with E-state index >= 15 is 0 Å². The number of anilines is 1. The number of nitrogens with one attached hydrogen (secondary N) is 1. The molecule has 0 spiro atoms. The minimum atomic E-state index is -0.133. The third kappa shape index (κ3) is 5.83. The van der Waals surface area contributed by atoms with E-state index in [1.54, 1.807) is 18.2 Å². The molecule has 0 saturated heterocycles. The summed E-state index contributed by atoms with van der Waals surface area (Å²) in [5, 5.41) is 3.62. The van der Waals surface area contributed by atoms with Crippen LogP contribution in [0.4, 0.5) is 5.69 Å². The molecule has 0 heterocycles. The Bertz CT molecular complexity index is 844. The Balaban J connectivity index is 1.71. The number of rotatable bonds is 7. The van der Waals surface area contributed by atoms with Crippen molar-refractivity contribution >= 4 is 34.8 Å². The maximum atomic E-state index is 12.6. The molecule has 0 aliphatic rings. The van der Waals surface area contributed by atoms with Crippen molar-refractivity contribution in [2.45, 2.75) is 13.1 Å². The van der Waals surface area contributed by atoms with E-state index in [1.807, 2.05) is 36.4 Å². The zero-order chi connectivity index (χ0) is 19.1. The second kappa shape index (κ2) is 9.56. The van der Waals surface area contributed by atoms with Crippen LogP contribution in [0.5, 0.6) is 0 Å². The van der Waals surface area contributed by atoms with Crippen molar-refractivity contribution in [2.24, 2.45) is 0 Å². The minimum Gasteiger partial charge on any atom is -0.324 e. The molecule has 0 aliphatic heterocycles. The Kier molecular flexibility index (Phi) is 6.88. The number of hydrogen-bond acceptors (Lipinski definition) is 2. The van der Waals surface area contributed by atoms with Gasteiger partial charge in [0.2, 0.25) is 5.91 Å². The first kappa shape index (κ1) is 19.4. The molecule has 0 saturated carbocycles. The van der Waals surface area contributed by atoms with E-state index < -0.39 is 0 Å². The van der Waals surface area contributed by atoms with Crippen LogP contribution in [-0.4, -0.2) is 17.4 Å². The van der Waals surface area contributed by atoms with Gasteiger partial charge in [-0.25, -0.2) is 0 Å². The first-order valence-corrected chi connectivity index (χ1v) is 9.41. The van der Waals surface area contributed by atoms with Crippen molar-refractivity contribution in [3.8, 4) is 0 Å². The molecule has 1 N–H and O–H groups in total. The molecule has 27 heavy (non-hydrogen) atoms. The van der Waals surface area contributed by atoms with Crippen LogP contribution in [0.25, 0.3) is 0 Å². The molecular weight excluding hydrogens is 379 g/mol. The fraction of sp³-hybridized carbons (Fsp3) is 0.136. The van der Waals surface area contributed by atoms with Crippen molar-refractivity contribution in [3.63, 3.8) is 0 Å². The standard InChI is InChI=1S/C22H20Cl2N2O/c23-19-12-7-13-20(22(19)24)25-21(27)16-26(14-17-8-3-1-4-9-17)15-18-10-5-2-6-11-18/h1-13H,14-16H2,(H,25,27). The summed E-state index contributed by atoms with van der Waals surface area (Å²) in [6.07, 6.45) is 0. The van der Waals surface area contributed by atoms with Gasteiger partial charge in [0.1, 0.15) is 0 Å². The molecule has 0 aromatic heterocycles. The van der Waals surface area contributed by atoms with Crippen molar-refractivity contribution < 1.29 is 4.79 Å². The van der Waals surface area contributed by atoms with Crippen molar-refractivity contribution in [1.82, 2.24) is 4.90 Å². The number of halogens is 2. The molecule has 1 amide bonds. The monoisotopic (exact) mass is 398 g/mol. The van der Waals surface area contributed by atoms with E-state index in [9.17, 15) is 4.79 Å². The molecule has 5 heteroatoms. The molecular formula is C22H20Cl2N2O. The second-order valence-corrected chi connectivity index (χ2v) is 7.05. The maximum Gasteiger partial charge on any atom is 0.238 e. The largest absolute Gasteiger partial charge is 0.324 e. The molecule has 3 rings (SSSR count). The van der Waals surface area contributed by atoms with Gasteiger partial charge in [-0.15, -0.1) is 0 Å². The summed E-state index contributed by atoms with van der Waals surface area (Å²) >= 11 is 12.2. The zero-order valence-electron chi connectivity index (χ0n) is 14.7. The highest BCUT2D eigenvalue weighted by Gasteiger charge is 2.14. The van der Waals surface area contributed by atoms with Crippen LogP contribution in [0.15, 0.2) is 78.9 Å². The summed E-state index contributed by atoms with van der Waals surface area (Å²) in [4.78, 5) is 14.7.